The maximum atomic E-state index is 12.0. The van der Waals surface area contributed by atoms with Gasteiger partial charge in [0, 0.05) is 7.05 Å². The van der Waals surface area contributed by atoms with Crippen molar-refractivity contribution in [3.8, 4) is 5.75 Å². The summed E-state index contributed by atoms with van der Waals surface area (Å²) in [7, 11) is 1.73. The number of aryl methyl sites for hydroxylation is 1. The molecule has 0 unspecified atom stereocenters. The molecule has 17 heavy (non-hydrogen) atoms. The van der Waals surface area contributed by atoms with Crippen molar-refractivity contribution >= 4 is 21.6 Å². The van der Waals surface area contributed by atoms with E-state index in [1.165, 1.54) is 29.5 Å². The van der Waals surface area contributed by atoms with Crippen LogP contribution in [0.4, 0.5) is 13.2 Å². The molecule has 0 atom stereocenters. The highest BCUT2D eigenvalue weighted by Crippen LogP contribution is 2.27. The van der Waals surface area contributed by atoms with Crippen LogP contribution in [0.1, 0.15) is 0 Å². The summed E-state index contributed by atoms with van der Waals surface area (Å²) in [6.07, 6.45) is -4.69. The van der Waals surface area contributed by atoms with Gasteiger partial charge in [-0.1, -0.05) is 11.3 Å². The highest BCUT2D eigenvalue weighted by atomic mass is 32.1. The smallest absolute Gasteiger partial charge is 0.406 e. The van der Waals surface area contributed by atoms with Crippen LogP contribution in [0.15, 0.2) is 23.3 Å². The molecule has 1 heterocycles. The summed E-state index contributed by atoms with van der Waals surface area (Å²) in [5, 5.41) is 3.53. The van der Waals surface area contributed by atoms with Gasteiger partial charge in [0.05, 0.1) is 10.2 Å². The molecule has 2 rings (SSSR count). The molecule has 2 aromatic rings. The fourth-order valence-corrected chi connectivity index (χ4v) is 2.40. The maximum Gasteiger partial charge on any atom is 0.573 e. The van der Waals surface area contributed by atoms with Gasteiger partial charge in [-0.05, 0) is 18.2 Å². The number of alkyl halides is 3. The summed E-state index contributed by atoms with van der Waals surface area (Å²) in [6, 6.07) is 4.09. The van der Waals surface area contributed by atoms with Gasteiger partial charge >= 0.3 is 6.36 Å². The highest BCUT2D eigenvalue weighted by Gasteiger charge is 2.31. The molecule has 0 saturated heterocycles. The minimum Gasteiger partial charge on any atom is -0.406 e. The van der Waals surface area contributed by atoms with Crippen molar-refractivity contribution in [1.82, 2.24) is 4.57 Å². The molecule has 1 aromatic heterocycles. The van der Waals surface area contributed by atoms with E-state index < -0.39 is 6.36 Å². The van der Waals surface area contributed by atoms with Gasteiger partial charge in [0.15, 0.2) is 0 Å². The molecular weight excluding hydrogens is 255 g/mol. The third-order valence-corrected chi connectivity index (χ3v) is 3.23. The van der Waals surface area contributed by atoms with Crippen molar-refractivity contribution in [2.75, 3.05) is 0 Å². The van der Waals surface area contributed by atoms with Gasteiger partial charge in [-0.3, -0.25) is 0 Å². The first-order chi connectivity index (χ1) is 7.90. The lowest BCUT2D eigenvalue weighted by Crippen LogP contribution is -2.17. The van der Waals surface area contributed by atoms with Crippen molar-refractivity contribution in [2.24, 2.45) is 18.0 Å². The predicted octanol–water partition coefficient (Wildman–Crippen LogP) is 1.91. The molecule has 0 fully saturated rings. The van der Waals surface area contributed by atoms with Crippen LogP contribution in [0.5, 0.6) is 5.75 Å². The maximum absolute atomic E-state index is 12.0. The Morgan fingerprint density at radius 2 is 2.12 bits per heavy atom. The molecule has 0 saturated carbocycles. The molecule has 0 radical (unpaired) electrons. The number of benzene rings is 1. The van der Waals surface area contributed by atoms with E-state index in [9.17, 15) is 13.2 Å². The lowest BCUT2D eigenvalue weighted by atomic mass is 10.3. The van der Waals surface area contributed by atoms with Crippen LogP contribution in [-0.2, 0) is 7.05 Å². The summed E-state index contributed by atoms with van der Waals surface area (Å²) in [4.78, 5) is 0.518. The first-order valence-electron chi connectivity index (χ1n) is 4.50. The minimum atomic E-state index is -4.69. The zero-order chi connectivity index (χ0) is 12.6. The largest absolute Gasteiger partial charge is 0.573 e. The van der Waals surface area contributed by atoms with Gasteiger partial charge in [0.1, 0.15) is 5.75 Å². The summed E-state index contributed by atoms with van der Waals surface area (Å²) in [6.45, 7) is 0. The first kappa shape index (κ1) is 11.8. The van der Waals surface area contributed by atoms with Gasteiger partial charge in [-0.25, -0.2) is 0 Å². The Bertz CT molecular complexity index is 614. The van der Waals surface area contributed by atoms with Crippen molar-refractivity contribution in [3.63, 3.8) is 0 Å². The van der Waals surface area contributed by atoms with Crippen LogP contribution in [0.3, 0.4) is 0 Å². The molecule has 0 aliphatic rings. The number of nitrogens with zero attached hydrogens (tertiary/aromatic N) is 2. The van der Waals surface area contributed by atoms with Crippen LogP contribution in [-0.4, -0.2) is 10.9 Å². The third kappa shape index (κ3) is 2.36. The zero-order valence-corrected chi connectivity index (χ0v) is 9.47. The van der Waals surface area contributed by atoms with Crippen molar-refractivity contribution < 1.29 is 17.9 Å². The molecule has 0 aliphatic carbocycles. The van der Waals surface area contributed by atoms with Gasteiger partial charge in [-0.2, -0.15) is 5.10 Å². The molecule has 8 heteroatoms. The number of hydrogen-bond donors (Lipinski definition) is 1. The lowest BCUT2D eigenvalue weighted by molar-refractivity contribution is -0.274. The van der Waals surface area contributed by atoms with Gasteiger partial charge in [-0.15, -0.1) is 13.2 Å². The number of aromatic nitrogens is 1. The molecule has 0 amide bonds. The van der Waals surface area contributed by atoms with Crippen LogP contribution in [0.2, 0.25) is 0 Å². The molecule has 1 aromatic carbocycles. The third-order valence-electron chi connectivity index (χ3n) is 2.12. The number of rotatable bonds is 1. The molecule has 0 spiro atoms. The molecular formula is C9H8F3N3OS. The number of thiazole rings is 1. The number of halogens is 3. The second-order valence-electron chi connectivity index (χ2n) is 3.25. The lowest BCUT2D eigenvalue weighted by Gasteiger charge is -2.08. The van der Waals surface area contributed by atoms with E-state index in [0.717, 1.165) is 5.52 Å². The van der Waals surface area contributed by atoms with Crippen LogP contribution < -0.4 is 15.4 Å². The Morgan fingerprint density at radius 3 is 2.71 bits per heavy atom. The molecule has 92 valence electrons. The van der Waals surface area contributed by atoms with Gasteiger partial charge < -0.3 is 15.1 Å². The molecule has 0 aliphatic heterocycles. The van der Waals surface area contributed by atoms with E-state index in [-0.39, 0.29) is 5.75 Å². The van der Waals surface area contributed by atoms with Crippen molar-refractivity contribution in [2.45, 2.75) is 6.36 Å². The van der Waals surface area contributed by atoms with Gasteiger partial charge in [0.25, 0.3) is 0 Å². The Kier molecular flexibility index (Phi) is 2.74. The molecule has 0 bridgehead atoms. The SMILES string of the molecule is Cn1/c(=N\N)sc2cc(OC(F)(F)F)ccc21. The van der Waals surface area contributed by atoms with E-state index in [2.05, 4.69) is 9.84 Å². The minimum absolute atomic E-state index is 0.254. The molecule has 4 nitrogen and oxygen atoms in total. The average molecular weight is 263 g/mol. The van der Waals surface area contributed by atoms with Crippen molar-refractivity contribution in [1.29, 1.82) is 0 Å². The summed E-state index contributed by atoms with van der Waals surface area (Å²) < 4.78 is 42.2. The Balaban J connectivity index is 2.52. The van der Waals surface area contributed by atoms with E-state index in [1.54, 1.807) is 11.6 Å². The van der Waals surface area contributed by atoms with Crippen molar-refractivity contribution in [3.05, 3.63) is 23.0 Å². The number of ether oxygens (including phenoxy) is 1. The van der Waals surface area contributed by atoms with E-state index in [4.69, 9.17) is 5.84 Å². The summed E-state index contributed by atoms with van der Waals surface area (Å²) >= 11 is 1.19. The normalized spacial score (nSPS) is 13.3. The monoisotopic (exact) mass is 263 g/mol. The fraction of sp³-hybridized carbons (Fsp3) is 0.222. The van der Waals surface area contributed by atoms with E-state index in [0.29, 0.717) is 9.50 Å². The fourth-order valence-electron chi connectivity index (χ4n) is 1.43. The second-order valence-corrected chi connectivity index (χ2v) is 4.26. The first-order valence-corrected chi connectivity index (χ1v) is 5.31. The van der Waals surface area contributed by atoms with Crippen LogP contribution >= 0.6 is 11.3 Å². The predicted molar refractivity (Wildman–Crippen MR) is 57.2 cm³/mol. The standard InChI is InChI=1S/C9H8F3N3OS/c1-15-6-3-2-5(16-9(10,11)12)4-7(6)17-8(15)14-13/h2-4H,13H2,1H3/b14-8+. The number of fused-ring (bicyclic) bond motifs is 1. The van der Waals surface area contributed by atoms with E-state index >= 15 is 0 Å². The summed E-state index contributed by atoms with van der Waals surface area (Å²) in [5.74, 6) is 4.90. The van der Waals surface area contributed by atoms with Gasteiger partial charge in [0.2, 0.25) is 4.80 Å². The van der Waals surface area contributed by atoms with E-state index in [1.807, 2.05) is 0 Å². The zero-order valence-electron chi connectivity index (χ0n) is 8.65. The van der Waals surface area contributed by atoms with Crippen LogP contribution in [0.25, 0.3) is 10.2 Å². The average Bonchev–Trinajstić information content (AvgIpc) is 2.52. The molecule has 2 N–H and O–H groups in total. The number of nitrogens with two attached hydrogens (primary N) is 1. The second kappa shape index (κ2) is 3.95. The Hall–Kier alpha value is -1.70. The summed E-state index contributed by atoms with van der Waals surface area (Å²) in [5.41, 5.74) is 0.744. The Labute approximate surface area is 97.7 Å². The quantitative estimate of drug-likeness (QED) is 0.631. The van der Waals surface area contributed by atoms with Crippen LogP contribution in [0, 0.1) is 0 Å². The topological polar surface area (TPSA) is 52.5 Å². The Morgan fingerprint density at radius 1 is 1.41 bits per heavy atom. The number of hydrogen-bond acceptors (Lipinski definition) is 4. The highest BCUT2D eigenvalue weighted by molar-refractivity contribution is 7.16.